The lowest BCUT2D eigenvalue weighted by Crippen LogP contribution is -2.31. The number of ether oxygens (including phenoxy) is 2. The highest BCUT2D eigenvalue weighted by molar-refractivity contribution is 7.80. The summed E-state index contributed by atoms with van der Waals surface area (Å²) >= 11 is 5.00. The molecule has 126 valence electrons. The lowest BCUT2D eigenvalue weighted by molar-refractivity contribution is 0.0696. The Morgan fingerprint density at radius 1 is 1.38 bits per heavy atom. The minimum atomic E-state index is -0.600. The van der Waals surface area contributed by atoms with Crippen molar-refractivity contribution in [3.05, 3.63) is 47.9 Å². The van der Waals surface area contributed by atoms with Crippen LogP contribution in [0.3, 0.4) is 0 Å². The Balaban J connectivity index is 2.05. The van der Waals surface area contributed by atoms with E-state index in [2.05, 4.69) is 15.8 Å². The van der Waals surface area contributed by atoms with E-state index in [9.17, 15) is 4.79 Å². The second kappa shape index (κ2) is 8.68. The van der Waals surface area contributed by atoms with Crippen molar-refractivity contribution < 1.29 is 18.7 Å². The molecular weight excluding hydrogens is 330 g/mol. The fourth-order valence-electron chi connectivity index (χ4n) is 1.76. The molecule has 0 radical (unpaired) electrons. The zero-order chi connectivity index (χ0) is 17.4. The maximum atomic E-state index is 11.9. The standard InChI is InChI=1S/C16H17N3O4S/c1-3-17-16(24)19-18-10-11-6-7-12(14(9-11)21-2)23-15(20)13-5-4-8-22-13/h4-10H,3H2,1-2H3,(H2,17,19,24)/b18-10+. The normalized spacial score (nSPS) is 10.4. The zero-order valence-corrected chi connectivity index (χ0v) is 14.1. The molecule has 0 bridgehead atoms. The van der Waals surface area contributed by atoms with Crippen LogP contribution in [0.5, 0.6) is 11.5 Å². The summed E-state index contributed by atoms with van der Waals surface area (Å²) in [5.74, 6) is 0.196. The van der Waals surface area contributed by atoms with E-state index < -0.39 is 5.97 Å². The van der Waals surface area contributed by atoms with Crippen LogP contribution in [-0.4, -0.2) is 31.0 Å². The molecule has 1 heterocycles. The van der Waals surface area contributed by atoms with E-state index in [1.807, 2.05) is 6.92 Å². The first kappa shape index (κ1) is 17.5. The van der Waals surface area contributed by atoms with E-state index in [4.69, 9.17) is 26.1 Å². The van der Waals surface area contributed by atoms with E-state index in [1.54, 1.807) is 30.5 Å². The molecule has 0 aliphatic carbocycles. The van der Waals surface area contributed by atoms with Gasteiger partial charge in [-0.1, -0.05) is 0 Å². The molecule has 0 fully saturated rings. The molecule has 0 aliphatic heterocycles. The molecule has 24 heavy (non-hydrogen) atoms. The van der Waals surface area contributed by atoms with Crippen molar-refractivity contribution in [1.29, 1.82) is 0 Å². The van der Waals surface area contributed by atoms with Gasteiger partial charge in [0.05, 0.1) is 19.6 Å². The Bertz CT molecular complexity index is 729. The van der Waals surface area contributed by atoms with E-state index in [0.29, 0.717) is 17.4 Å². The largest absolute Gasteiger partial charge is 0.493 e. The van der Waals surface area contributed by atoms with Gasteiger partial charge in [-0.2, -0.15) is 5.10 Å². The number of esters is 1. The van der Waals surface area contributed by atoms with Crippen molar-refractivity contribution in [1.82, 2.24) is 10.7 Å². The van der Waals surface area contributed by atoms with Crippen LogP contribution < -0.4 is 20.2 Å². The van der Waals surface area contributed by atoms with Gasteiger partial charge in [-0.05, 0) is 55.0 Å². The average molecular weight is 347 g/mol. The Morgan fingerprint density at radius 2 is 2.21 bits per heavy atom. The van der Waals surface area contributed by atoms with Crippen LogP contribution in [0.1, 0.15) is 23.0 Å². The Morgan fingerprint density at radius 3 is 2.88 bits per heavy atom. The van der Waals surface area contributed by atoms with E-state index >= 15 is 0 Å². The van der Waals surface area contributed by atoms with Crippen LogP contribution in [0, 0.1) is 0 Å². The molecule has 7 nitrogen and oxygen atoms in total. The number of benzene rings is 1. The predicted molar refractivity (Wildman–Crippen MR) is 93.7 cm³/mol. The summed E-state index contributed by atoms with van der Waals surface area (Å²) in [6.45, 7) is 2.65. The molecule has 0 saturated heterocycles. The molecule has 2 N–H and O–H groups in total. The minimum absolute atomic E-state index is 0.115. The highest BCUT2D eigenvalue weighted by atomic mass is 32.1. The summed E-state index contributed by atoms with van der Waals surface area (Å²) in [7, 11) is 1.49. The van der Waals surface area contributed by atoms with Crippen LogP contribution in [0.25, 0.3) is 0 Å². The van der Waals surface area contributed by atoms with Crippen molar-refractivity contribution in [2.24, 2.45) is 5.10 Å². The molecule has 0 unspecified atom stereocenters. The predicted octanol–water partition coefficient (Wildman–Crippen LogP) is 2.33. The first-order valence-electron chi connectivity index (χ1n) is 7.14. The van der Waals surface area contributed by atoms with Gasteiger partial charge in [-0.15, -0.1) is 0 Å². The summed E-state index contributed by atoms with van der Waals surface area (Å²) in [4.78, 5) is 11.9. The Kier molecular flexibility index (Phi) is 6.32. The molecule has 1 aromatic heterocycles. The lowest BCUT2D eigenvalue weighted by Gasteiger charge is -2.09. The van der Waals surface area contributed by atoms with E-state index in [-0.39, 0.29) is 11.5 Å². The van der Waals surface area contributed by atoms with Gasteiger partial charge < -0.3 is 19.2 Å². The first-order chi connectivity index (χ1) is 11.6. The third kappa shape index (κ3) is 4.82. The highest BCUT2D eigenvalue weighted by Crippen LogP contribution is 2.28. The number of carbonyl (C=O) groups is 1. The molecule has 8 heteroatoms. The molecule has 0 amide bonds. The van der Waals surface area contributed by atoms with Crippen LogP contribution in [-0.2, 0) is 0 Å². The topological polar surface area (TPSA) is 85.1 Å². The maximum absolute atomic E-state index is 11.9. The molecule has 2 rings (SSSR count). The maximum Gasteiger partial charge on any atom is 0.379 e. The number of rotatable bonds is 6. The van der Waals surface area contributed by atoms with Crippen molar-refractivity contribution in [3.63, 3.8) is 0 Å². The number of hydrogen-bond donors (Lipinski definition) is 2. The van der Waals surface area contributed by atoms with Gasteiger partial charge in [0.2, 0.25) is 5.76 Å². The van der Waals surface area contributed by atoms with Crippen molar-refractivity contribution in [2.75, 3.05) is 13.7 Å². The van der Waals surface area contributed by atoms with Crippen LogP contribution in [0.2, 0.25) is 0 Å². The summed E-state index contributed by atoms with van der Waals surface area (Å²) in [6.07, 6.45) is 2.97. The molecule has 0 saturated carbocycles. The molecule has 0 spiro atoms. The number of methoxy groups -OCH3 is 1. The quantitative estimate of drug-likeness (QED) is 0.273. The summed E-state index contributed by atoms with van der Waals surface area (Å²) in [5.41, 5.74) is 3.43. The Labute approximate surface area is 144 Å². The van der Waals surface area contributed by atoms with Gasteiger partial charge in [0, 0.05) is 6.54 Å². The van der Waals surface area contributed by atoms with Gasteiger partial charge in [0.15, 0.2) is 16.6 Å². The molecular formula is C16H17N3O4S. The van der Waals surface area contributed by atoms with E-state index in [0.717, 1.165) is 5.56 Å². The van der Waals surface area contributed by atoms with Gasteiger partial charge in [0.25, 0.3) is 0 Å². The smallest absolute Gasteiger partial charge is 0.379 e. The summed E-state index contributed by atoms with van der Waals surface area (Å²) in [6, 6.07) is 8.16. The fourth-order valence-corrected chi connectivity index (χ4v) is 1.96. The number of nitrogens with one attached hydrogen (secondary N) is 2. The van der Waals surface area contributed by atoms with Crippen molar-refractivity contribution in [2.45, 2.75) is 6.92 Å². The minimum Gasteiger partial charge on any atom is -0.493 e. The van der Waals surface area contributed by atoms with Crippen molar-refractivity contribution in [3.8, 4) is 11.5 Å². The second-order valence-electron chi connectivity index (χ2n) is 4.51. The summed E-state index contributed by atoms with van der Waals surface area (Å²) in [5, 5.41) is 7.36. The lowest BCUT2D eigenvalue weighted by atomic mass is 10.2. The number of carbonyl (C=O) groups excluding carboxylic acids is 1. The molecule has 0 aliphatic rings. The van der Waals surface area contributed by atoms with Gasteiger partial charge >= 0.3 is 5.97 Å². The molecule has 2 aromatic rings. The van der Waals surface area contributed by atoms with Gasteiger partial charge in [-0.25, -0.2) is 4.79 Å². The number of furan rings is 1. The molecule has 1 aromatic carbocycles. The van der Waals surface area contributed by atoms with Crippen LogP contribution >= 0.6 is 12.2 Å². The van der Waals surface area contributed by atoms with E-state index in [1.165, 1.54) is 19.4 Å². The SMILES string of the molecule is CCNC(=S)N/N=C/c1ccc(OC(=O)c2ccco2)c(OC)c1. The van der Waals surface area contributed by atoms with Crippen LogP contribution in [0.4, 0.5) is 0 Å². The van der Waals surface area contributed by atoms with Crippen molar-refractivity contribution >= 4 is 29.5 Å². The number of nitrogens with zero attached hydrogens (tertiary/aromatic N) is 1. The third-order valence-electron chi connectivity index (χ3n) is 2.83. The fraction of sp³-hybridized carbons (Fsp3) is 0.188. The zero-order valence-electron chi connectivity index (χ0n) is 13.2. The number of hydrogen-bond acceptors (Lipinski definition) is 6. The molecule has 0 atom stereocenters. The summed E-state index contributed by atoms with van der Waals surface area (Å²) < 4.78 is 15.5. The van der Waals surface area contributed by atoms with Gasteiger partial charge in [0.1, 0.15) is 0 Å². The number of thiocarbonyl (C=S) groups is 1. The average Bonchev–Trinajstić information content (AvgIpc) is 3.11. The monoisotopic (exact) mass is 347 g/mol. The second-order valence-corrected chi connectivity index (χ2v) is 4.91. The first-order valence-corrected chi connectivity index (χ1v) is 7.55. The number of hydrazone groups is 1. The third-order valence-corrected chi connectivity index (χ3v) is 3.07. The van der Waals surface area contributed by atoms with Gasteiger partial charge in [-0.3, -0.25) is 5.43 Å². The highest BCUT2D eigenvalue weighted by Gasteiger charge is 2.14. The Hall–Kier alpha value is -2.87. The van der Waals surface area contributed by atoms with Crippen LogP contribution in [0.15, 0.2) is 46.1 Å².